The van der Waals surface area contributed by atoms with Gasteiger partial charge in [-0.1, -0.05) is 13.8 Å². The van der Waals surface area contributed by atoms with Crippen molar-refractivity contribution in [3.05, 3.63) is 0 Å². The zero-order valence-corrected chi connectivity index (χ0v) is 11.7. The van der Waals surface area contributed by atoms with Crippen LogP contribution in [0.4, 0.5) is 0 Å². The van der Waals surface area contributed by atoms with Gasteiger partial charge in [0.15, 0.2) is 0 Å². The summed E-state index contributed by atoms with van der Waals surface area (Å²) in [6, 6.07) is 0. The highest BCUT2D eigenvalue weighted by molar-refractivity contribution is 5.67. The molecule has 3 saturated carbocycles. The highest BCUT2D eigenvalue weighted by Gasteiger charge is 2.69. The summed E-state index contributed by atoms with van der Waals surface area (Å²) in [5.74, 6) is 1.56. The first-order valence-electron chi connectivity index (χ1n) is 7.28. The molecule has 2 bridgehead atoms. The fraction of sp³-hybridized carbons (Fsp3) is 0.933. The van der Waals surface area contributed by atoms with Crippen LogP contribution >= 0.6 is 0 Å². The molecule has 3 nitrogen and oxygen atoms in total. The Morgan fingerprint density at radius 1 is 1.17 bits per heavy atom. The van der Waals surface area contributed by atoms with Crippen molar-refractivity contribution in [3.63, 3.8) is 0 Å². The van der Waals surface area contributed by atoms with Crippen molar-refractivity contribution in [2.45, 2.75) is 58.5 Å². The number of hydrogen-bond donors (Lipinski definition) is 2. The van der Waals surface area contributed by atoms with Crippen LogP contribution < -0.4 is 0 Å². The van der Waals surface area contributed by atoms with E-state index in [4.69, 9.17) is 5.21 Å². The molecule has 0 saturated heterocycles. The quantitative estimate of drug-likeness (QED) is 0.427. The van der Waals surface area contributed by atoms with E-state index in [0.717, 1.165) is 25.2 Å². The van der Waals surface area contributed by atoms with Crippen molar-refractivity contribution in [1.29, 1.82) is 0 Å². The van der Waals surface area contributed by atoms with E-state index >= 15 is 0 Å². The SMILES string of the molecule is C[C@@H]1CC[C@H]2C(C)(C=NO)[C@@H]3C[C@]12CC[C@]3(C)O. The summed E-state index contributed by atoms with van der Waals surface area (Å²) in [6.45, 7) is 6.54. The Labute approximate surface area is 109 Å². The molecule has 2 N–H and O–H groups in total. The zero-order chi connectivity index (χ0) is 13.2. The van der Waals surface area contributed by atoms with E-state index in [2.05, 4.69) is 19.0 Å². The summed E-state index contributed by atoms with van der Waals surface area (Å²) in [7, 11) is 0. The number of aliphatic hydroxyl groups is 1. The molecule has 3 aliphatic rings. The highest BCUT2D eigenvalue weighted by atomic mass is 16.4. The minimum atomic E-state index is -0.606. The van der Waals surface area contributed by atoms with E-state index < -0.39 is 5.60 Å². The van der Waals surface area contributed by atoms with Crippen LogP contribution in [0.5, 0.6) is 0 Å². The molecule has 3 rings (SSSR count). The lowest BCUT2D eigenvalue weighted by atomic mass is 9.64. The summed E-state index contributed by atoms with van der Waals surface area (Å²) >= 11 is 0. The Morgan fingerprint density at radius 2 is 1.89 bits per heavy atom. The van der Waals surface area contributed by atoms with E-state index in [0.29, 0.717) is 11.3 Å². The monoisotopic (exact) mass is 251 g/mol. The van der Waals surface area contributed by atoms with Crippen LogP contribution in [0, 0.1) is 28.6 Å². The maximum atomic E-state index is 10.7. The Bertz CT molecular complexity index is 388. The van der Waals surface area contributed by atoms with E-state index in [1.54, 1.807) is 6.21 Å². The molecule has 0 aliphatic heterocycles. The van der Waals surface area contributed by atoms with Gasteiger partial charge >= 0.3 is 0 Å². The first-order chi connectivity index (χ1) is 8.37. The molecule has 1 unspecified atom stereocenters. The van der Waals surface area contributed by atoms with Crippen molar-refractivity contribution in [1.82, 2.24) is 0 Å². The highest BCUT2D eigenvalue weighted by Crippen LogP contribution is 2.72. The molecule has 18 heavy (non-hydrogen) atoms. The Kier molecular flexibility index (Phi) is 2.42. The molecule has 3 heteroatoms. The van der Waals surface area contributed by atoms with Gasteiger partial charge < -0.3 is 10.3 Å². The maximum absolute atomic E-state index is 10.7. The Hall–Kier alpha value is -0.570. The van der Waals surface area contributed by atoms with Gasteiger partial charge in [0.1, 0.15) is 0 Å². The number of nitrogens with zero attached hydrogens (tertiary/aromatic N) is 1. The molecule has 0 aromatic rings. The smallest absolute Gasteiger partial charge is 0.0657 e. The molecule has 0 aromatic heterocycles. The van der Waals surface area contributed by atoms with E-state index in [1.165, 1.54) is 12.8 Å². The van der Waals surface area contributed by atoms with Crippen LogP contribution in [0.3, 0.4) is 0 Å². The fourth-order valence-electron chi connectivity index (χ4n) is 5.83. The molecule has 0 heterocycles. The van der Waals surface area contributed by atoms with Crippen molar-refractivity contribution in [3.8, 4) is 0 Å². The predicted molar refractivity (Wildman–Crippen MR) is 70.7 cm³/mol. The van der Waals surface area contributed by atoms with Gasteiger partial charge in [-0.25, -0.2) is 0 Å². The molecule has 0 aromatic carbocycles. The van der Waals surface area contributed by atoms with Crippen molar-refractivity contribution < 1.29 is 10.3 Å². The minimum Gasteiger partial charge on any atom is -0.411 e. The second-order valence-electron chi connectivity index (χ2n) is 7.49. The normalized spacial score (nSPS) is 59.2. The van der Waals surface area contributed by atoms with Gasteiger partial charge in [0, 0.05) is 5.41 Å². The number of fused-ring (bicyclic) bond motifs is 1. The first-order valence-corrected chi connectivity index (χ1v) is 7.28. The summed E-state index contributed by atoms with van der Waals surface area (Å²) in [4.78, 5) is 0. The molecule has 102 valence electrons. The maximum Gasteiger partial charge on any atom is 0.0657 e. The second-order valence-corrected chi connectivity index (χ2v) is 7.49. The van der Waals surface area contributed by atoms with Gasteiger partial charge in [0.2, 0.25) is 0 Å². The van der Waals surface area contributed by atoms with Gasteiger partial charge in [-0.3, -0.25) is 0 Å². The second kappa shape index (κ2) is 3.50. The van der Waals surface area contributed by atoms with Crippen LogP contribution in [0.25, 0.3) is 0 Å². The average Bonchev–Trinajstić information content (AvgIpc) is 2.71. The van der Waals surface area contributed by atoms with E-state index in [9.17, 15) is 5.11 Å². The number of oxime groups is 1. The van der Waals surface area contributed by atoms with Gasteiger partial charge in [-0.05, 0) is 62.2 Å². The fourth-order valence-corrected chi connectivity index (χ4v) is 5.83. The molecule has 0 amide bonds. The van der Waals surface area contributed by atoms with Crippen LogP contribution in [-0.2, 0) is 0 Å². The zero-order valence-electron chi connectivity index (χ0n) is 11.7. The lowest BCUT2D eigenvalue weighted by Crippen LogP contribution is -2.45. The van der Waals surface area contributed by atoms with Crippen LogP contribution in [0.15, 0.2) is 5.16 Å². The number of rotatable bonds is 1. The first kappa shape index (κ1) is 12.5. The third kappa shape index (κ3) is 1.26. The standard InChI is InChI=1S/C15H25NO2/c1-10-4-5-11-13(2,9-16-18)12-8-15(10,11)7-6-14(12,3)17/h9-12,17-18H,4-8H2,1-3H3/t10-,11+,12+,13?,14+,15-/m1/s1. The van der Waals surface area contributed by atoms with E-state index in [1.807, 2.05) is 6.92 Å². The molecular weight excluding hydrogens is 226 g/mol. The summed E-state index contributed by atoms with van der Waals surface area (Å²) in [5.41, 5.74) is -0.354. The molecular formula is C15H25NO2. The van der Waals surface area contributed by atoms with Gasteiger partial charge in [0.25, 0.3) is 0 Å². The van der Waals surface area contributed by atoms with Crippen molar-refractivity contribution in [2.75, 3.05) is 0 Å². The van der Waals surface area contributed by atoms with Crippen molar-refractivity contribution in [2.24, 2.45) is 33.7 Å². The van der Waals surface area contributed by atoms with Crippen LogP contribution in [0.2, 0.25) is 0 Å². The number of hydrogen-bond acceptors (Lipinski definition) is 3. The molecule has 0 radical (unpaired) electrons. The molecule has 6 atom stereocenters. The van der Waals surface area contributed by atoms with Crippen molar-refractivity contribution >= 4 is 6.21 Å². The van der Waals surface area contributed by atoms with E-state index in [-0.39, 0.29) is 11.3 Å². The lowest BCUT2D eigenvalue weighted by molar-refractivity contribution is -0.0638. The van der Waals surface area contributed by atoms with Gasteiger partial charge in [0.05, 0.1) is 11.8 Å². The molecule has 3 aliphatic carbocycles. The van der Waals surface area contributed by atoms with Crippen LogP contribution in [0.1, 0.15) is 52.9 Å². The molecule has 1 spiro atoms. The predicted octanol–water partition coefficient (Wildman–Crippen LogP) is 3.05. The Balaban J connectivity index is 2.10. The Morgan fingerprint density at radius 3 is 2.56 bits per heavy atom. The average molecular weight is 251 g/mol. The third-order valence-corrected chi connectivity index (χ3v) is 6.83. The topological polar surface area (TPSA) is 52.8 Å². The van der Waals surface area contributed by atoms with Gasteiger partial charge in [-0.2, -0.15) is 0 Å². The van der Waals surface area contributed by atoms with Gasteiger partial charge in [-0.15, -0.1) is 5.16 Å². The van der Waals surface area contributed by atoms with Crippen LogP contribution in [-0.4, -0.2) is 22.1 Å². The summed E-state index contributed by atoms with van der Waals surface area (Å²) in [6.07, 6.45) is 7.37. The minimum absolute atomic E-state index is 0.139. The third-order valence-electron chi connectivity index (χ3n) is 6.83. The summed E-state index contributed by atoms with van der Waals surface area (Å²) in [5, 5.41) is 23.1. The largest absolute Gasteiger partial charge is 0.411 e. The summed E-state index contributed by atoms with van der Waals surface area (Å²) < 4.78 is 0. The lowest BCUT2D eigenvalue weighted by Gasteiger charge is -2.44. The molecule has 3 fully saturated rings.